The molecule has 6 heteroatoms. The molecule has 1 aromatic carbocycles. The summed E-state index contributed by atoms with van der Waals surface area (Å²) in [7, 11) is 0. The summed E-state index contributed by atoms with van der Waals surface area (Å²) in [5, 5.41) is 0.617. The third kappa shape index (κ3) is 4.11. The molecule has 1 aliphatic rings. The minimum atomic E-state index is -0.0335. The molecule has 2 atom stereocenters. The fraction of sp³-hybridized carbons (Fsp3) is 0.500. The number of amides is 1. The summed E-state index contributed by atoms with van der Waals surface area (Å²) in [6.07, 6.45) is 0.120. The first-order valence-corrected chi connectivity index (χ1v) is 7.64. The molecule has 0 unspecified atom stereocenters. The van der Waals surface area contributed by atoms with Gasteiger partial charge in [-0.25, -0.2) is 0 Å². The van der Waals surface area contributed by atoms with Crippen molar-refractivity contribution in [2.24, 2.45) is 0 Å². The Morgan fingerprint density at radius 3 is 2.70 bits per heavy atom. The van der Waals surface area contributed by atoms with Crippen molar-refractivity contribution in [3.8, 4) is 5.75 Å². The number of benzene rings is 1. The molecule has 1 fully saturated rings. The molecule has 2 rings (SSSR count). The highest BCUT2D eigenvalue weighted by Crippen LogP contribution is 2.28. The zero-order valence-electron chi connectivity index (χ0n) is 11.4. The van der Waals surface area contributed by atoms with Crippen molar-refractivity contribution < 1.29 is 14.3 Å². The fourth-order valence-electron chi connectivity index (χ4n) is 2.20. The Morgan fingerprint density at radius 1 is 1.45 bits per heavy atom. The van der Waals surface area contributed by atoms with Gasteiger partial charge < -0.3 is 14.4 Å². The van der Waals surface area contributed by atoms with Crippen LogP contribution in [0.5, 0.6) is 5.75 Å². The molecular weight excluding hydrogens is 346 g/mol. The highest BCUT2D eigenvalue weighted by Gasteiger charge is 2.26. The second-order valence-electron chi connectivity index (χ2n) is 4.92. The van der Waals surface area contributed by atoms with Gasteiger partial charge in [-0.15, -0.1) is 0 Å². The van der Waals surface area contributed by atoms with E-state index in [1.807, 2.05) is 13.8 Å². The van der Waals surface area contributed by atoms with Crippen LogP contribution in [0.3, 0.4) is 0 Å². The van der Waals surface area contributed by atoms with Crippen LogP contribution in [0.1, 0.15) is 13.8 Å². The van der Waals surface area contributed by atoms with Gasteiger partial charge in [0.05, 0.1) is 16.7 Å². The minimum absolute atomic E-state index is 0.0136. The summed E-state index contributed by atoms with van der Waals surface area (Å²) in [6, 6.07) is 5.20. The molecule has 1 aromatic rings. The topological polar surface area (TPSA) is 38.8 Å². The molecule has 0 saturated carbocycles. The Labute approximate surface area is 132 Å². The van der Waals surface area contributed by atoms with Gasteiger partial charge in [0.15, 0.2) is 6.61 Å². The second kappa shape index (κ2) is 6.78. The van der Waals surface area contributed by atoms with Crippen LogP contribution in [0.15, 0.2) is 22.7 Å². The number of hydrogen-bond acceptors (Lipinski definition) is 3. The van der Waals surface area contributed by atoms with Gasteiger partial charge in [0.1, 0.15) is 5.75 Å². The zero-order valence-corrected chi connectivity index (χ0v) is 13.8. The highest BCUT2D eigenvalue weighted by atomic mass is 79.9. The molecule has 1 aliphatic heterocycles. The van der Waals surface area contributed by atoms with Gasteiger partial charge >= 0.3 is 0 Å². The number of carbonyl (C=O) groups is 1. The summed E-state index contributed by atoms with van der Waals surface area (Å²) in [4.78, 5) is 13.9. The average molecular weight is 363 g/mol. The van der Waals surface area contributed by atoms with Crippen LogP contribution in [0.2, 0.25) is 5.02 Å². The Bertz CT molecular complexity index is 487. The molecule has 1 saturated heterocycles. The lowest BCUT2D eigenvalue weighted by molar-refractivity contribution is -0.145. The first-order valence-electron chi connectivity index (χ1n) is 6.47. The van der Waals surface area contributed by atoms with Crippen molar-refractivity contribution in [1.29, 1.82) is 0 Å². The van der Waals surface area contributed by atoms with Gasteiger partial charge in [-0.2, -0.15) is 0 Å². The predicted octanol–water partition coefficient (Wildman–Crippen LogP) is 3.12. The van der Waals surface area contributed by atoms with Gasteiger partial charge in [-0.3, -0.25) is 4.79 Å². The lowest BCUT2D eigenvalue weighted by Gasteiger charge is -2.35. The van der Waals surface area contributed by atoms with Crippen LogP contribution in [0.25, 0.3) is 0 Å². The van der Waals surface area contributed by atoms with E-state index < -0.39 is 0 Å². The van der Waals surface area contributed by atoms with Gasteiger partial charge in [-0.05, 0) is 48.0 Å². The average Bonchev–Trinajstić information content (AvgIpc) is 2.36. The molecule has 0 radical (unpaired) electrons. The predicted molar refractivity (Wildman–Crippen MR) is 81.2 cm³/mol. The molecule has 1 amide bonds. The van der Waals surface area contributed by atoms with E-state index >= 15 is 0 Å². The van der Waals surface area contributed by atoms with Crippen LogP contribution in [0.4, 0.5) is 0 Å². The van der Waals surface area contributed by atoms with E-state index in [0.29, 0.717) is 23.9 Å². The lowest BCUT2D eigenvalue weighted by atomic mass is 10.2. The quantitative estimate of drug-likeness (QED) is 0.829. The molecule has 0 spiro atoms. The van der Waals surface area contributed by atoms with Crippen molar-refractivity contribution >= 4 is 33.4 Å². The van der Waals surface area contributed by atoms with E-state index in [4.69, 9.17) is 21.1 Å². The summed E-state index contributed by atoms with van der Waals surface area (Å²) in [5.74, 6) is 0.575. The summed E-state index contributed by atoms with van der Waals surface area (Å²) >= 11 is 9.22. The maximum Gasteiger partial charge on any atom is 0.260 e. The first-order chi connectivity index (χ1) is 9.45. The van der Waals surface area contributed by atoms with Gasteiger partial charge in [0.2, 0.25) is 0 Å². The molecule has 0 aromatic heterocycles. The first kappa shape index (κ1) is 15.6. The smallest absolute Gasteiger partial charge is 0.260 e. The molecule has 1 heterocycles. The standard InChI is InChI=1S/C14H17BrClNO3/c1-9-6-17(7-10(2)20-9)14(18)8-19-13-4-3-11(16)5-12(13)15/h3-5,9-10H,6-8H2,1-2H3/t9-,10-/m0/s1. The van der Waals surface area contributed by atoms with Crippen molar-refractivity contribution in [3.63, 3.8) is 0 Å². The summed E-state index contributed by atoms with van der Waals surface area (Å²) in [6.45, 7) is 5.15. The summed E-state index contributed by atoms with van der Waals surface area (Å²) in [5.41, 5.74) is 0. The van der Waals surface area contributed by atoms with Crippen molar-refractivity contribution in [3.05, 3.63) is 27.7 Å². The summed E-state index contributed by atoms with van der Waals surface area (Å²) < 4.78 is 11.9. The monoisotopic (exact) mass is 361 g/mol. The third-order valence-corrected chi connectivity index (χ3v) is 3.87. The van der Waals surface area contributed by atoms with Crippen molar-refractivity contribution in [1.82, 2.24) is 4.90 Å². The molecular formula is C14H17BrClNO3. The van der Waals surface area contributed by atoms with Crippen LogP contribution in [-0.2, 0) is 9.53 Å². The number of halogens is 2. The van der Waals surface area contributed by atoms with E-state index in [1.165, 1.54) is 0 Å². The Kier molecular flexibility index (Phi) is 5.29. The Morgan fingerprint density at radius 2 is 2.10 bits per heavy atom. The SMILES string of the molecule is C[C@H]1CN(C(=O)COc2ccc(Cl)cc2Br)C[C@H](C)O1. The lowest BCUT2D eigenvalue weighted by Crippen LogP contribution is -2.49. The van der Waals surface area contributed by atoms with E-state index in [9.17, 15) is 4.79 Å². The van der Waals surface area contributed by atoms with Gasteiger partial charge in [0, 0.05) is 18.1 Å². The molecule has 20 heavy (non-hydrogen) atoms. The van der Waals surface area contributed by atoms with E-state index in [0.717, 1.165) is 4.47 Å². The fourth-order valence-corrected chi connectivity index (χ4v) is 3.00. The molecule has 0 aliphatic carbocycles. The number of carbonyl (C=O) groups excluding carboxylic acids is 1. The number of hydrogen-bond donors (Lipinski definition) is 0. The van der Waals surface area contributed by atoms with Crippen LogP contribution in [-0.4, -0.2) is 42.7 Å². The van der Waals surface area contributed by atoms with E-state index in [2.05, 4.69) is 15.9 Å². The van der Waals surface area contributed by atoms with Crippen molar-refractivity contribution in [2.75, 3.05) is 19.7 Å². The Hall–Kier alpha value is -0.780. The maximum absolute atomic E-state index is 12.1. The zero-order chi connectivity index (χ0) is 14.7. The highest BCUT2D eigenvalue weighted by molar-refractivity contribution is 9.10. The van der Waals surface area contributed by atoms with Crippen LogP contribution >= 0.6 is 27.5 Å². The third-order valence-electron chi connectivity index (χ3n) is 3.02. The largest absolute Gasteiger partial charge is 0.483 e. The van der Waals surface area contributed by atoms with Crippen LogP contribution < -0.4 is 4.74 Å². The van der Waals surface area contributed by atoms with E-state index in [-0.39, 0.29) is 24.7 Å². The molecule has 110 valence electrons. The minimum Gasteiger partial charge on any atom is -0.483 e. The number of morpholine rings is 1. The molecule has 0 bridgehead atoms. The van der Waals surface area contributed by atoms with Crippen molar-refractivity contribution in [2.45, 2.75) is 26.1 Å². The number of ether oxygens (including phenoxy) is 2. The van der Waals surface area contributed by atoms with Crippen LogP contribution in [0, 0.1) is 0 Å². The molecule has 0 N–H and O–H groups in total. The molecule has 4 nitrogen and oxygen atoms in total. The normalized spacial score (nSPS) is 22.7. The Balaban J connectivity index is 1.91. The second-order valence-corrected chi connectivity index (χ2v) is 6.21. The van der Waals surface area contributed by atoms with Gasteiger partial charge in [-0.1, -0.05) is 11.6 Å². The number of rotatable bonds is 3. The van der Waals surface area contributed by atoms with Gasteiger partial charge in [0.25, 0.3) is 5.91 Å². The van der Waals surface area contributed by atoms with E-state index in [1.54, 1.807) is 23.1 Å². The maximum atomic E-state index is 12.1. The number of nitrogens with zero attached hydrogens (tertiary/aromatic N) is 1.